The van der Waals surface area contributed by atoms with Crippen molar-refractivity contribution < 1.29 is 19.5 Å². The lowest BCUT2D eigenvalue weighted by molar-refractivity contribution is -0.130. The Morgan fingerprint density at radius 1 is 1.03 bits per heavy atom. The largest absolute Gasteiger partial charge is 0.506 e. The Morgan fingerprint density at radius 2 is 1.60 bits per heavy atom. The highest BCUT2D eigenvalue weighted by molar-refractivity contribution is 9.11. The van der Waals surface area contributed by atoms with E-state index >= 15 is 0 Å². The maximum absolute atomic E-state index is 12.3. The predicted molar refractivity (Wildman–Crippen MR) is 123 cm³/mol. The van der Waals surface area contributed by atoms with E-state index in [0.29, 0.717) is 14.9 Å². The third-order valence-corrected chi connectivity index (χ3v) is 5.49. The summed E-state index contributed by atoms with van der Waals surface area (Å²) in [5, 5.41) is 17.6. The minimum Gasteiger partial charge on any atom is -0.506 e. The molecule has 3 atom stereocenters. The zero-order valence-corrected chi connectivity index (χ0v) is 20.8. The van der Waals surface area contributed by atoms with Crippen molar-refractivity contribution in [2.75, 3.05) is 6.54 Å². The Balaban J connectivity index is 2.48. The average molecular weight is 550 g/mol. The number of carbonyl (C=O) groups is 3. The summed E-state index contributed by atoms with van der Waals surface area (Å²) in [6.45, 7) is 7.41. The quantitative estimate of drug-likeness (QED) is 0.304. The number of amides is 3. The zero-order valence-electron chi connectivity index (χ0n) is 17.6. The van der Waals surface area contributed by atoms with Crippen LogP contribution < -0.4 is 21.7 Å². The van der Waals surface area contributed by atoms with Crippen LogP contribution in [0, 0.1) is 5.92 Å². The first-order chi connectivity index (χ1) is 13.9. The van der Waals surface area contributed by atoms with E-state index in [4.69, 9.17) is 5.73 Å². The molecule has 0 heterocycles. The van der Waals surface area contributed by atoms with Gasteiger partial charge in [-0.1, -0.05) is 13.8 Å². The molecule has 1 aromatic carbocycles. The van der Waals surface area contributed by atoms with Crippen molar-refractivity contribution in [2.24, 2.45) is 11.7 Å². The van der Waals surface area contributed by atoms with Gasteiger partial charge in [0.15, 0.2) is 0 Å². The summed E-state index contributed by atoms with van der Waals surface area (Å²) < 4.78 is 0.960. The monoisotopic (exact) mass is 548 g/mol. The zero-order chi connectivity index (χ0) is 23.0. The first-order valence-corrected chi connectivity index (χ1v) is 11.3. The fourth-order valence-electron chi connectivity index (χ4n) is 2.88. The van der Waals surface area contributed by atoms with Gasteiger partial charge in [-0.25, -0.2) is 0 Å². The Labute approximate surface area is 194 Å². The van der Waals surface area contributed by atoms with E-state index in [0.717, 1.165) is 12.0 Å². The van der Waals surface area contributed by atoms with Gasteiger partial charge in [-0.15, -0.1) is 0 Å². The topological polar surface area (TPSA) is 134 Å². The van der Waals surface area contributed by atoms with Gasteiger partial charge in [0.1, 0.15) is 11.8 Å². The van der Waals surface area contributed by atoms with Crippen LogP contribution >= 0.6 is 31.9 Å². The number of hydrogen-bond acceptors (Lipinski definition) is 5. The summed E-state index contributed by atoms with van der Waals surface area (Å²) in [5.41, 5.74) is 6.69. The fraction of sp³-hybridized carbons (Fsp3) is 0.550. The van der Waals surface area contributed by atoms with Gasteiger partial charge in [-0.3, -0.25) is 14.4 Å². The number of carbonyl (C=O) groups excluding carboxylic acids is 3. The van der Waals surface area contributed by atoms with Crippen molar-refractivity contribution in [3.8, 4) is 5.75 Å². The Morgan fingerprint density at radius 3 is 2.13 bits per heavy atom. The van der Waals surface area contributed by atoms with Gasteiger partial charge in [0, 0.05) is 6.04 Å². The molecule has 0 fully saturated rings. The summed E-state index contributed by atoms with van der Waals surface area (Å²) in [5.74, 6) is -0.733. The Bertz CT molecular complexity index is 750. The second-order valence-electron chi connectivity index (χ2n) is 7.76. The highest BCUT2D eigenvalue weighted by atomic mass is 79.9. The van der Waals surface area contributed by atoms with Crippen LogP contribution in [0.2, 0.25) is 0 Å². The molecule has 3 amide bonds. The SMILES string of the molecule is CC(C)CC(C)NC(=O)CNC(=O)[C@@H](C)NC(=O)[C@@H](N)Cc1cc(Br)c(O)c(Br)c1. The van der Waals surface area contributed by atoms with Crippen LogP contribution in [0.1, 0.15) is 39.7 Å². The Hall–Kier alpha value is -1.65. The van der Waals surface area contributed by atoms with Crippen molar-refractivity contribution in [1.82, 2.24) is 16.0 Å². The van der Waals surface area contributed by atoms with Crippen LogP contribution in [0.4, 0.5) is 0 Å². The molecule has 0 aliphatic carbocycles. The van der Waals surface area contributed by atoms with Gasteiger partial charge in [0.25, 0.3) is 0 Å². The molecule has 10 heteroatoms. The molecule has 0 aliphatic heterocycles. The van der Waals surface area contributed by atoms with Crippen molar-refractivity contribution >= 4 is 49.6 Å². The molecule has 0 saturated heterocycles. The van der Waals surface area contributed by atoms with E-state index in [1.165, 1.54) is 6.92 Å². The van der Waals surface area contributed by atoms with Crippen LogP contribution in [0.3, 0.4) is 0 Å². The number of halogens is 2. The second-order valence-corrected chi connectivity index (χ2v) is 9.47. The van der Waals surface area contributed by atoms with Gasteiger partial charge in [-0.2, -0.15) is 0 Å². The molecule has 8 nitrogen and oxygen atoms in total. The van der Waals surface area contributed by atoms with Crippen LogP contribution in [0.15, 0.2) is 21.1 Å². The number of phenolic OH excluding ortho intramolecular Hbond substituents is 1. The lowest BCUT2D eigenvalue weighted by Crippen LogP contribution is -2.52. The van der Waals surface area contributed by atoms with E-state index < -0.39 is 23.9 Å². The summed E-state index contributed by atoms with van der Waals surface area (Å²) in [4.78, 5) is 36.4. The molecule has 1 rings (SSSR count). The second kappa shape index (κ2) is 12.3. The maximum atomic E-state index is 12.3. The number of nitrogens with two attached hydrogens (primary N) is 1. The van der Waals surface area contributed by atoms with E-state index in [1.54, 1.807) is 12.1 Å². The Kier molecular flexibility index (Phi) is 10.8. The third kappa shape index (κ3) is 9.01. The molecule has 0 aliphatic rings. The molecule has 168 valence electrons. The van der Waals surface area contributed by atoms with Gasteiger partial charge in [-0.05, 0) is 82.2 Å². The molecule has 6 N–H and O–H groups in total. The van der Waals surface area contributed by atoms with E-state index in [9.17, 15) is 19.5 Å². The first kappa shape index (κ1) is 26.4. The number of nitrogens with one attached hydrogen (secondary N) is 3. The summed E-state index contributed by atoms with van der Waals surface area (Å²) >= 11 is 6.46. The summed E-state index contributed by atoms with van der Waals surface area (Å²) in [6, 6.07) is 1.63. The van der Waals surface area contributed by atoms with Gasteiger partial charge in [0.2, 0.25) is 17.7 Å². The third-order valence-electron chi connectivity index (χ3n) is 4.28. The number of phenols is 1. The minimum atomic E-state index is -0.885. The van der Waals surface area contributed by atoms with E-state index in [2.05, 4.69) is 61.7 Å². The highest BCUT2D eigenvalue weighted by Crippen LogP contribution is 2.33. The van der Waals surface area contributed by atoms with E-state index in [1.807, 2.05) is 6.92 Å². The van der Waals surface area contributed by atoms with Crippen LogP contribution in [-0.2, 0) is 20.8 Å². The number of rotatable bonds is 10. The van der Waals surface area contributed by atoms with Gasteiger partial charge >= 0.3 is 0 Å². The predicted octanol–water partition coefficient (Wildman–Crippen LogP) is 1.96. The van der Waals surface area contributed by atoms with Crippen LogP contribution in [0.25, 0.3) is 0 Å². The molecule has 0 bridgehead atoms. The molecule has 30 heavy (non-hydrogen) atoms. The maximum Gasteiger partial charge on any atom is 0.242 e. The smallest absolute Gasteiger partial charge is 0.242 e. The molecule has 0 saturated carbocycles. The fourth-order valence-corrected chi connectivity index (χ4v) is 4.16. The van der Waals surface area contributed by atoms with Crippen molar-refractivity contribution in [3.05, 3.63) is 26.6 Å². The van der Waals surface area contributed by atoms with Gasteiger partial charge < -0.3 is 26.8 Å². The minimum absolute atomic E-state index is 0.0181. The number of benzene rings is 1. The highest BCUT2D eigenvalue weighted by Gasteiger charge is 2.21. The summed E-state index contributed by atoms with van der Waals surface area (Å²) in [7, 11) is 0. The standard InChI is InChI=1S/C20H30Br2N4O4/c1-10(2)5-11(3)25-17(27)9-24-19(29)12(4)26-20(30)16(23)8-13-6-14(21)18(28)15(22)7-13/h6-7,10-12,16,28H,5,8-9,23H2,1-4H3,(H,24,29)(H,25,27)(H,26,30)/t11?,12-,16+/m1/s1. The molecular formula is C20H30Br2N4O4. The molecule has 1 unspecified atom stereocenters. The average Bonchev–Trinajstić information content (AvgIpc) is 2.63. The van der Waals surface area contributed by atoms with Crippen molar-refractivity contribution in [1.29, 1.82) is 0 Å². The van der Waals surface area contributed by atoms with Crippen LogP contribution in [0.5, 0.6) is 5.75 Å². The molecule has 0 spiro atoms. The lowest BCUT2D eigenvalue weighted by Gasteiger charge is -2.19. The molecule has 1 aromatic rings. The normalized spacial score (nSPS) is 14.0. The molecule has 0 radical (unpaired) electrons. The number of hydrogen-bond donors (Lipinski definition) is 5. The summed E-state index contributed by atoms with van der Waals surface area (Å²) in [6.07, 6.45) is 1.06. The molecular weight excluding hydrogens is 520 g/mol. The van der Waals surface area contributed by atoms with Gasteiger partial charge in [0.05, 0.1) is 21.5 Å². The van der Waals surface area contributed by atoms with Crippen LogP contribution in [-0.4, -0.2) is 47.5 Å². The molecule has 0 aromatic heterocycles. The lowest BCUT2D eigenvalue weighted by atomic mass is 10.1. The number of aromatic hydroxyl groups is 1. The van der Waals surface area contributed by atoms with Crippen molar-refractivity contribution in [3.63, 3.8) is 0 Å². The first-order valence-electron chi connectivity index (χ1n) is 9.70. The van der Waals surface area contributed by atoms with E-state index in [-0.39, 0.29) is 30.7 Å². The van der Waals surface area contributed by atoms with Crippen molar-refractivity contribution in [2.45, 2.75) is 58.7 Å².